The molecule has 1 unspecified atom stereocenters. The highest BCUT2D eigenvalue weighted by Gasteiger charge is 2.44. The van der Waals surface area contributed by atoms with Crippen LogP contribution in [0.2, 0.25) is 0 Å². The van der Waals surface area contributed by atoms with Crippen LogP contribution in [0, 0.1) is 0 Å². The van der Waals surface area contributed by atoms with Crippen LogP contribution in [0.15, 0.2) is 12.7 Å². The molecule has 1 aliphatic rings. The number of halogens is 4. The molecule has 0 amide bonds. The first kappa shape index (κ1) is 20.6. The number of piperazine rings is 1. The van der Waals surface area contributed by atoms with Crippen molar-refractivity contribution in [3.63, 3.8) is 0 Å². The second-order valence-corrected chi connectivity index (χ2v) is 6.51. The Hall–Kier alpha value is -0.350. The summed E-state index contributed by atoms with van der Waals surface area (Å²) >= 11 is 0. The van der Waals surface area contributed by atoms with E-state index in [4.69, 9.17) is 0 Å². The molecule has 0 aliphatic carbocycles. The topological polar surface area (TPSA) is 61.4 Å². The van der Waals surface area contributed by atoms with Gasteiger partial charge >= 0.3 is 6.18 Å². The monoisotopic (exact) mass is 351 g/mol. The van der Waals surface area contributed by atoms with E-state index in [0.717, 1.165) is 0 Å². The van der Waals surface area contributed by atoms with E-state index in [-0.39, 0.29) is 37.7 Å². The first-order valence-electron chi connectivity index (χ1n) is 6.36. The minimum atomic E-state index is -4.46. The van der Waals surface area contributed by atoms with Gasteiger partial charge in [0.2, 0.25) is 10.0 Å². The summed E-state index contributed by atoms with van der Waals surface area (Å²) in [6.45, 7) is 4.17. The zero-order valence-corrected chi connectivity index (χ0v) is 13.2. The van der Waals surface area contributed by atoms with Crippen molar-refractivity contribution in [3.05, 3.63) is 12.7 Å². The number of alkyl halides is 3. The summed E-state index contributed by atoms with van der Waals surface area (Å²) in [4.78, 5) is 1.26. The van der Waals surface area contributed by atoms with Crippen molar-refractivity contribution in [3.8, 4) is 0 Å². The van der Waals surface area contributed by atoms with Gasteiger partial charge in [-0.3, -0.25) is 4.90 Å². The molecule has 10 heteroatoms. The van der Waals surface area contributed by atoms with Gasteiger partial charge in [0.25, 0.3) is 0 Å². The van der Waals surface area contributed by atoms with Crippen molar-refractivity contribution in [2.75, 3.05) is 38.5 Å². The third-order valence-corrected chi connectivity index (χ3v) is 4.44. The van der Waals surface area contributed by atoms with Crippen LogP contribution < -0.4 is 10.0 Å². The molecule has 1 heterocycles. The molecule has 21 heavy (non-hydrogen) atoms. The number of sulfonamides is 1. The van der Waals surface area contributed by atoms with Crippen molar-refractivity contribution in [2.24, 2.45) is 0 Å². The number of allylic oxidation sites excluding steroid dienone is 1. The Balaban J connectivity index is 0.00000400. The van der Waals surface area contributed by atoms with Crippen molar-refractivity contribution in [1.29, 1.82) is 0 Å². The lowest BCUT2D eigenvalue weighted by molar-refractivity contribution is -0.182. The summed E-state index contributed by atoms with van der Waals surface area (Å²) in [7, 11) is -3.70. The molecule has 5 nitrogen and oxygen atoms in total. The first-order valence-corrected chi connectivity index (χ1v) is 8.01. The highest BCUT2D eigenvalue weighted by Crippen LogP contribution is 2.24. The summed E-state index contributed by atoms with van der Waals surface area (Å²) in [5, 5.41) is 2.96. The maximum atomic E-state index is 13.0. The molecule has 0 saturated carbocycles. The molecule has 1 atom stereocenters. The fourth-order valence-electron chi connectivity index (χ4n) is 1.96. The molecule has 0 aromatic rings. The number of nitrogens with one attached hydrogen (secondary N) is 2. The highest BCUT2D eigenvalue weighted by molar-refractivity contribution is 7.89. The van der Waals surface area contributed by atoms with Gasteiger partial charge in [-0.15, -0.1) is 19.0 Å². The van der Waals surface area contributed by atoms with E-state index in [9.17, 15) is 21.6 Å². The van der Waals surface area contributed by atoms with Crippen LogP contribution in [-0.4, -0.2) is 64.0 Å². The van der Waals surface area contributed by atoms with Crippen LogP contribution in [0.5, 0.6) is 0 Å². The summed E-state index contributed by atoms with van der Waals surface area (Å²) in [6, 6.07) is -1.79. The average molecular weight is 352 g/mol. The number of rotatable bonds is 7. The normalized spacial score (nSPS) is 18.8. The van der Waals surface area contributed by atoms with E-state index < -0.39 is 28.8 Å². The molecule has 0 spiro atoms. The molecule has 1 rings (SSSR count). The first-order chi connectivity index (χ1) is 9.26. The minimum Gasteiger partial charge on any atom is -0.314 e. The van der Waals surface area contributed by atoms with Gasteiger partial charge in [0, 0.05) is 32.7 Å². The van der Waals surface area contributed by atoms with E-state index in [0.29, 0.717) is 13.1 Å². The number of hydrogen-bond acceptors (Lipinski definition) is 4. The van der Waals surface area contributed by atoms with Crippen LogP contribution in [-0.2, 0) is 10.0 Å². The quantitative estimate of drug-likeness (QED) is 0.664. The zero-order chi connectivity index (χ0) is 15.2. The molecule has 2 N–H and O–H groups in total. The SMILES string of the molecule is C=CCCS(=O)(=O)NCC(N1CCNCC1)C(F)(F)F.Cl. The minimum absolute atomic E-state index is 0. The summed E-state index contributed by atoms with van der Waals surface area (Å²) < 4.78 is 64.2. The predicted octanol–water partition coefficient (Wildman–Crippen LogP) is 0.740. The summed E-state index contributed by atoms with van der Waals surface area (Å²) in [5.41, 5.74) is 0. The summed E-state index contributed by atoms with van der Waals surface area (Å²) in [5.74, 6) is -0.247. The van der Waals surface area contributed by atoms with Gasteiger partial charge in [-0.25, -0.2) is 13.1 Å². The molecule has 0 radical (unpaired) electrons. The Bertz CT molecular complexity index is 411. The smallest absolute Gasteiger partial charge is 0.314 e. The fourth-order valence-corrected chi connectivity index (χ4v) is 3.00. The van der Waals surface area contributed by atoms with Gasteiger partial charge in [0.15, 0.2) is 0 Å². The Morgan fingerprint density at radius 2 is 1.90 bits per heavy atom. The molecular formula is C11H21ClF3N3O2S. The second-order valence-electron chi connectivity index (χ2n) is 4.59. The van der Waals surface area contributed by atoms with Crippen LogP contribution in [0.4, 0.5) is 13.2 Å². The van der Waals surface area contributed by atoms with E-state index >= 15 is 0 Å². The Kier molecular flexibility index (Phi) is 8.79. The van der Waals surface area contributed by atoms with Crippen LogP contribution in [0.1, 0.15) is 6.42 Å². The standard InChI is InChI=1S/C11H20F3N3O2S.ClH/c1-2-3-8-20(18,19)16-9-10(11(12,13)14)17-6-4-15-5-7-17;/h2,10,15-16H,1,3-9H2;1H. The van der Waals surface area contributed by atoms with Crippen LogP contribution >= 0.6 is 12.4 Å². The number of nitrogens with zero attached hydrogens (tertiary/aromatic N) is 1. The van der Waals surface area contributed by atoms with E-state index in [1.807, 2.05) is 4.72 Å². The third-order valence-electron chi connectivity index (χ3n) is 3.06. The lowest BCUT2D eigenvalue weighted by Gasteiger charge is -2.35. The maximum Gasteiger partial charge on any atom is 0.405 e. The van der Waals surface area contributed by atoms with Crippen molar-refractivity contribution in [1.82, 2.24) is 14.9 Å². The van der Waals surface area contributed by atoms with E-state index in [1.54, 1.807) is 0 Å². The molecule has 1 fully saturated rings. The molecular weight excluding hydrogens is 331 g/mol. The molecule has 126 valence electrons. The highest BCUT2D eigenvalue weighted by atomic mass is 35.5. The molecule has 0 aromatic carbocycles. The molecule has 1 aliphatic heterocycles. The number of hydrogen-bond donors (Lipinski definition) is 2. The third kappa shape index (κ3) is 7.46. The average Bonchev–Trinajstić information content (AvgIpc) is 2.36. The van der Waals surface area contributed by atoms with Crippen molar-refractivity contribution < 1.29 is 21.6 Å². The largest absolute Gasteiger partial charge is 0.405 e. The predicted molar refractivity (Wildman–Crippen MR) is 78.1 cm³/mol. The Morgan fingerprint density at radius 3 is 2.38 bits per heavy atom. The zero-order valence-electron chi connectivity index (χ0n) is 11.5. The molecule has 0 aromatic heterocycles. The van der Waals surface area contributed by atoms with Gasteiger partial charge < -0.3 is 5.32 Å². The fraction of sp³-hybridized carbons (Fsp3) is 0.818. The van der Waals surface area contributed by atoms with Crippen molar-refractivity contribution >= 4 is 22.4 Å². The van der Waals surface area contributed by atoms with Crippen LogP contribution in [0.25, 0.3) is 0 Å². The van der Waals surface area contributed by atoms with Crippen molar-refractivity contribution in [2.45, 2.75) is 18.6 Å². The van der Waals surface area contributed by atoms with Gasteiger partial charge in [0.1, 0.15) is 6.04 Å². The lowest BCUT2D eigenvalue weighted by atomic mass is 10.2. The molecule has 1 saturated heterocycles. The van der Waals surface area contributed by atoms with Gasteiger partial charge in [0.05, 0.1) is 5.75 Å². The Labute approximate surface area is 129 Å². The van der Waals surface area contributed by atoms with Gasteiger partial charge in [-0.05, 0) is 6.42 Å². The van der Waals surface area contributed by atoms with Gasteiger partial charge in [-0.1, -0.05) is 6.08 Å². The summed E-state index contributed by atoms with van der Waals surface area (Å²) in [6.07, 6.45) is -2.84. The lowest BCUT2D eigenvalue weighted by Crippen LogP contribution is -2.57. The second kappa shape index (κ2) is 8.94. The van der Waals surface area contributed by atoms with Crippen LogP contribution in [0.3, 0.4) is 0 Å². The Morgan fingerprint density at radius 1 is 1.33 bits per heavy atom. The van der Waals surface area contributed by atoms with E-state index in [1.165, 1.54) is 11.0 Å². The van der Waals surface area contributed by atoms with Gasteiger partial charge in [-0.2, -0.15) is 13.2 Å². The molecule has 0 bridgehead atoms. The van der Waals surface area contributed by atoms with E-state index in [2.05, 4.69) is 11.9 Å². The maximum absolute atomic E-state index is 13.0.